The summed E-state index contributed by atoms with van der Waals surface area (Å²) in [5, 5.41) is 0. The van der Waals surface area contributed by atoms with Gasteiger partial charge >= 0.3 is 5.97 Å². The Hall–Kier alpha value is -2.34. The standard InChI is InChI=1S/C17H18O5S/c1-19-12-8-10(9-13(20-2)16(12)21-3)11-6-5-7-14(23)15(11)17(18)22-4/h5-9,23H,1-4H3. The summed E-state index contributed by atoms with van der Waals surface area (Å²) in [4.78, 5) is 12.6. The minimum atomic E-state index is -0.459. The second-order valence-electron chi connectivity index (χ2n) is 4.61. The van der Waals surface area contributed by atoms with Gasteiger partial charge in [0.1, 0.15) is 0 Å². The van der Waals surface area contributed by atoms with E-state index in [0.29, 0.717) is 33.3 Å². The van der Waals surface area contributed by atoms with E-state index in [9.17, 15) is 4.79 Å². The number of esters is 1. The first-order chi connectivity index (χ1) is 11.1. The average molecular weight is 334 g/mol. The summed E-state index contributed by atoms with van der Waals surface area (Å²) >= 11 is 4.36. The molecular weight excluding hydrogens is 316 g/mol. The van der Waals surface area contributed by atoms with Crippen molar-refractivity contribution in [3.63, 3.8) is 0 Å². The van der Waals surface area contributed by atoms with Crippen LogP contribution in [-0.2, 0) is 4.74 Å². The number of hydrogen-bond donors (Lipinski definition) is 1. The predicted molar refractivity (Wildman–Crippen MR) is 90.1 cm³/mol. The number of rotatable bonds is 5. The molecule has 0 aliphatic carbocycles. The summed E-state index contributed by atoms with van der Waals surface area (Å²) in [7, 11) is 5.95. The van der Waals surface area contributed by atoms with Crippen LogP contribution in [0.4, 0.5) is 0 Å². The molecule has 0 aliphatic heterocycles. The van der Waals surface area contributed by atoms with Crippen LogP contribution in [0.1, 0.15) is 10.4 Å². The summed E-state index contributed by atoms with van der Waals surface area (Å²) < 4.78 is 20.9. The molecule has 2 aromatic carbocycles. The van der Waals surface area contributed by atoms with Crippen LogP contribution in [0, 0.1) is 0 Å². The van der Waals surface area contributed by atoms with Gasteiger partial charge in [0, 0.05) is 4.90 Å². The van der Waals surface area contributed by atoms with Gasteiger partial charge in [-0.15, -0.1) is 12.6 Å². The van der Waals surface area contributed by atoms with Gasteiger partial charge in [-0.2, -0.15) is 0 Å². The number of thiol groups is 1. The molecule has 23 heavy (non-hydrogen) atoms. The molecule has 5 nitrogen and oxygen atoms in total. The summed E-state index contributed by atoms with van der Waals surface area (Å²) in [6.07, 6.45) is 0. The second kappa shape index (κ2) is 7.28. The Morgan fingerprint density at radius 3 is 2.04 bits per heavy atom. The van der Waals surface area contributed by atoms with E-state index in [-0.39, 0.29) is 0 Å². The van der Waals surface area contributed by atoms with Crippen LogP contribution in [0.25, 0.3) is 11.1 Å². The van der Waals surface area contributed by atoms with Crippen LogP contribution in [0.3, 0.4) is 0 Å². The molecule has 0 aromatic heterocycles. The SMILES string of the molecule is COC(=O)c1c(S)cccc1-c1cc(OC)c(OC)c(OC)c1. The van der Waals surface area contributed by atoms with Gasteiger partial charge < -0.3 is 18.9 Å². The normalized spacial score (nSPS) is 10.1. The van der Waals surface area contributed by atoms with Gasteiger partial charge in [-0.1, -0.05) is 12.1 Å². The number of carbonyl (C=O) groups is 1. The Morgan fingerprint density at radius 2 is 1.57 bits per heavy atom. The largest absolute Gasteiger partial charge is 0.493 e. The van der Waals surface area contributed by atoms with E-state index >= 15 is 0 Å². The zero-order valence-corrected chi connectivity index (χ0v) is 14.3. The Kier molecular flexibility index (Phi) is 5.39. The summed E-state index contributed by atoms with van der Waals surface area (Å²) in [6, 6.07) is 8.91. The van der Waals surface area contributed by atoms with Crippen LogP contribution >= 0.6 is 12.6 Å². The lowest BCUT2D eigenvalue weighted by atomic mass is 9.98. The van der Waals surface area contributed by atoms with Gasteiger partial charge in [0.15, 0.2) is 11.5 Å². The number of methoxy groups -OCH3 is 4. The highest BCUT2D eigenvalue weighted by molar-refractivity contribution is 7.80. The van der Waals surface area contributed by atoms with Gasteiger partial charge in [-0.3, -0.25) is 0 Å². The van der Waals surface area contributed by atoms with Crippen molar-refractivity contribution in [2.45, 2.75) is 4.90 Å². The molecule has 2 aromatic rings. The third-order valence-electron chi connectivity index (χ3n) is 3.41. The lowest BCUT2D eigenvalue weighted by Crippen LogP contribution is -2.05. The Bertz CT molecular complexity index is 702. The van der Waals surface area contributed by atoms with E-state index in [1.54, 1.807) is 18.2 Å². The minimum Gasteiger partial charge on any atom is -0.493 e. The minimum absolute atomic E-state index is 0.382. The Morgan fingerprint density at radius 1 is 0.957 bits per heavy atom. The van der Waals surface area contributed by atoms with E-state index in [1.807, 2.05) is 12.1 Å². The molecule has 0 aliphatic rings. The highest BCUT2D eigenvalue weighted by atomic mass is 32.1. The monoisotopic (exact) mass is 334 g/mol. The van der Waals surface area contributed by atoms with Crippen molar-refractivity contribution in [2.24, 2.45) is 0 Å². The van der Waals surface area contributed by atoms with Gasteiger partial charge in [0.25, 0.3) is 0 Å². The van der Waals surface area contributed by atoms with Gasteiger partial charge in [-0.05, 0) is 29.3 Å². The third-order valence-corrected chi connectivity index (χ3v) is 3.78. The molecule has 0 N–H and O–H groups in total. The molecule has 2 rings (SSSR count). The molecular formula is C17H18O5S. The Labute approximate surface area is 140 Å². The topological polar surface area (TPSA) is 54.0 Å². The molecule has 6 heteroatoms. The molecule has 0 bridgehead atoms. The molecule has 0 saturated heterocycles. The predicted octanol–water partition coefficient (Wildman–Crippen LogP) is 3.45. The van der Waals surface area contributed by atoms with Crippen molar-refractivity contribution < 1.29 is 23.7 Å². The fraction of sp³-hybridized carbons (Fsp3) is 0.235. The quantitative estimate of drug-likeness (QED) is 0.670. The zero-order chi connectivity index (χ0) is 17.0. The molecule has 0 spiro atoms. The van der Waals surface area contributed by atoms with Crippen LogP contribution in [0.15, 0.2) is 35.2 Å². The molecule has 0 fully saturated rings. The first kappa shape index (κ1) is 17.0. The maximum absolute atomic E-state index is 12.1. The van der Waals surface area contributed by atoms with Gasteiger partial charge in [-0.25, -0.2) is 4.79 Å². The molecule has 0 atom stereocenters. The maximum Gasteiger partial charge on any atom is 0.339 e. The maximum atomic E-state index is 12.1. The number of carbonyl (C=O) groups excluding carboxylic acids is 1. The first-order valence-corrected chi connectivity index (χ1v) is 7.22. The van der Waals surface area contributed by atoms with Crippen molar-refractivity contribution in [2.75, 3.05) is 28.4 Å². The first-order valence-electron chi connectivity index (χ1n) is 6.78. The van der Waals surface area contributed by atoms with Crippen molar-refractivity contribution in [1.29, 1.82) is 0 Å². The van der Waals surface area contributed by atoms with Crippen molar-refractivity contribution in [1.82, 2.24) is 0 Å². The molecule has 0 radical (unpaired) electrons. The summed E-state index contributed by atoms with van der Waals surface area (Å²) in [6.45, 7) is 0. The molecule has 0 saturated carbocycles. The summed E-state index contributed by atoms with van der Waals surface area (Å²) in [5.74, 6) is 1.03. The molecule has 0 heterocycles. The van der Waals surface area contributed by atoms with Crippen LogP contribution in [-0.4, -0.2) is 34.4 Å². The van der Waals surface area contributed by atoms with Gasteiger partial charge in [0.2, 0.25) is 5.75 Å². The van der Waals surface area contributed by atoms with Crippen LogP contribution < -0.4 is 14.2 Å². The van der Waals surface area contributed by atoms with E-state index < -0.39 is 5.97 Å². The van der Waals surface area contributed by atoms with Crippen molar-refractivity contribution >= 4 is 18.6 Å². The van der Waals surface area contributed by atoms with E-state index in [1.165, 1.54) is 28.4 Å². The number of hydrogen-bond acceptors (Lipinski definition) is 6. The third kappa shape index (κ3) is 3.22. The number of ether oxygens (including phenoxy) is 4. The van der Waals surface area contributed by atoms with Gasteiger partial charge in [0.05, 0.1) is 34.0 Å². The second-order valence-corrected chi connectivity index (χ2v) is 5.09. The smallest absolute Gasteiger partial charge is 0.339 e. The van der Waals surface area contributed by atoms with E-state index in [2.05, 4.69) is 12.6 Å². The molecule has 0 amide bonds. The van der Waals surface area contributed by atoms with Crippen molar-refractivity contribution in [3.8, 4) is 28.4 Å². The average Bonchev–Trinajstić information content (AvgIpc) is 2.59. The fourth-order valence-corrected chi connectivity index (χ4v) is 2.63. The van der Waals surface area contributed by atoms with Crippen molar-refractivity contribution in [3.05, 3.63) is 35.9 Å². The zero-order valence-electron chi connectivity index (χ0n) is 13.4. The van der Waals surface area contributed by atoms with E-state index in [4.69, 9.17) is 18.9 Å². The molecule has 122 valence electrons. The molecule has 0 unspecified atom stereocenters. The highest BCUT2D eigenvalue weighted by Crippen LogP contribution is 2.42. The number of benzene rings is 2. The Balaban J connectivity index is 2.72. The highest BCUT2D eigenvalue weighted by Gasteiger charge is 2.20. The van der Waals surface area contributed by atoms with Crippen LogP contribution in [0.5, 0.6) is 17.2 Å². The lowest BCUT2D eigenvalue weighted by Gasteiger charge is -2.16. The fourth-order valence-electron chi connectivity index (χ4n) is 2.33. The lowest BCUT2D eigenvalue weighted by molar-refractivity contribution is 0.0598. The summed E-state index contributed by atoms with van der Waals surface area (Å²) in [5.41, 5.74) is 1.78. The van der Waals surface area contributed by atoms with Crippen LogP contribution in [0.2, 0.25) is 0 Å². The van der Waals surface area contributed by atoms with E-state index in [0.717, 1.165) is 5.56 Å².